The van der Waals surface area contributed by atoms with E-state index in [1.165, 1.54) is 0 Å². The summed E-state index contributed by atoms with van der Waals surface area (Å²) in [5.41, 5.74) is 0. The van der Waals surface area contributed by atoms with Gasteiger partial charge < -0.3 is 4.52 Å². The summed E-state index contributed by atoms with van der Waals surface area (Å²) in [6.07, 6.45) is 2.46. The molecule has 1 unspecified atom stereocenters. The number of carbonyl (C=O) groups is 1. The molecular weight excluding hydrogens is 224 g/mol. The van der Waals surface area contributed by atoms with E-state index < -0.39 is 0 Å². The zero-order valence-corrected chi connectivity index (χ0v) is 10.4. The summed E-state index contributed by atoms with van der Waals surface area (Å²) in [6.45, 7) is 4.26. The summed E-state index contributed by atoms with van der Waals surface area (Å²) in [7, 11) is 0. The molecule has 0 aromatic carbocycles. The highest BCUT2D eigenvalue weighted by Gasteiger charge is 2.30. The highest BCUT2D eigenvalue weighted by atomic mass is 32.2. The normalized spacial score (nSPS) is 20.9. The van der Waals surface area contributed by atoms with Crippen LogP contribution in [-0.2, 0) is 10.5 Å². The average molecular weight is 240 g/mol. The molecule has 1 atom stereocenters. The fourth-order valence-electron chi connectivity index (χ4n) is 1.79. The lowest BCUT2D eigenvalue weighted by Gasteiger charge is -2.00. The Morgan fingerprint density at radius 3 is 3.00 bits per heavy atom. The van der Waals surface area contributed by atoms with Crippen molar-refractivity contribution in [2.24, 2.45) is 0 Å². The van der Waals surface area contributed by atoms with Crippen LogP contribution >= 0.6 is 11.8 Å². The van der Waals surface area contributed by atoms with E-state index in [9.17, 15) is 4.79 Å². The van der Waals surface area contributed by atoms with E-state index in [1.54, 1.807) is 11.8 Å². The quantitative estimate of drug-likeness (QED) is 0.809. The molecule has 0 spiro atoms. The molecule has 1 fully saturated rings. The summed E-state index contributed by atoms with van der Waals surface area (Å²) < 4.78 is 5.16. The maximum atomic E-state index is 11.5. The molecule has 1 heterocycles. The van der Waals surface area contributed by atoms with Crippen LogP contribution in [0.3, 0.4) is 0 Å². The Morgan fingerprint density at radius 1 is 1.56 bits per heavy atom. The summed E-state index contributed by atoms with van der Waals surface area (Å²) >= 11 is 1.77. The van der Waals surface area contributed by atoms with Gasteiger partial charge in [0.25, 0.3) is 0 Å². The minimum atomic E-state index is -0.134. The van der Waals surface area contributed by atoms with E-state index in [-0.39, 0.29) is 11.7 Å². The fourth-order valence-corrected chi connectivity index (χ4v) is 2.39. The van der Waals surface area contributed by atoms with Gasteiger partial charge in [0, 0.05) is 6.42 Å². The molecule has 5 heteroatoms. The minimum Gasteiger partial charge on any atom is -0.339 e. The molecule has 0 aliphatic heterocycles. The van der Waals surface area contributed by atoms with Gasteiger partial charge in [0.2, 0.25) is 5.89 Å². The van der Waals surface area contributed by atoms with Crippen LogP contribution in [0.15, 0.2) is 4.52 Å². The number of Topliss-reactive ketones (excluding diaryl/α,β-unsaturated/α-hetero) is 1. The van der Waals surface area contributed by atoms with Crippen LogP contribution in [0.1, 0.15) is 50.7 Å². The van der Waals surface area contributed by atoms with E-state index in [4.69, 9.17) is 4.52 Å². The van der Waals surface area contributed by atoms with Gasteiger partial charge in [0.15, 0.2) is 5.82 Å². The second-order valence-electron chi connectivity index (χ2n) is 4.32. The van der Waals surface area contributed by atoms with Gasteiger partial charge in [-0.1, -0.05) is 19.0 Å². The number of hydrogen-bond donors (Lipinski definition) is 0. The molecule has 0 amide bonds. The molecule has 88 valence electrons. The first kappa shape index (κ1) is 11.6. The maximum absolute atomic E-state index is 11.5. The molecule has 0 N–H and O–H groups in total. The lowest BCUT2D eigenvalue weighted by Crippen LogP contribution is -2.04. The Labute approximate surface area is 99.2 Å². The third kappa shape index (κ3) is 2.64. The molecule has 1 aromatic rings. The van der Waals surface area contributed by atoms with E-state index in [2.05, 4.69) is 24.0 Å². The summed E-state index contributed by atoms with van der Waals surface area (Å²) in [4.78, 5) is 15.8. The Balaban J connectivity index is 1.99. The molecule has 0 radical (unpaired) electrons. The van der Waals surface area contributed by atoms with Crippen LogP contribution in [-0.4, -0.2) is 21.2 Å². The zero-order valence-electron chi connectivity index (χ0n) is 9.60. The van der Waals surface area contributed by atoms with Crippen molar-refractivity contribution in [1.82, 2.24) is 10.1 Å². The van der Waals surface area contributed by atoms with Crippen molar-refractivity contribution >= 4 is 17.5 Å². The van der Waals surface area contributed by atoms with Gasteiger partial charge >= 0.3 is 0 Å². The smallest absolute Gasteiger partial charge is 0.237 e. The van der Waals surface area contributed by atoms with E-state index in [1.807, 2.05) is 0 Å². The minimum absolute atomic E-state index is 0.134. The number of hydrogen-bond acceptors (Lipinski definition) is 5. The van der Waals surface area contributed by atoms with Gasteiger partial charge in [-0.05, 0) is 18.1 Å². The van der Waals surface area contributed by atoms with Crippen LogP contribution in [0.2, 0.25) is 0 Å². The molecule has 1 aromatic heterocycles. The van der Waals surface area contributed by atoms with Gasteiger partial charge in [-0.25, -0.2) is 0 Å². The Hall–Kier alpha value is -0.840. The lowest BCUT2D eigenvalue weighted by molar-refractivity contribution is -0.119. The molecule has 1 aliphatic rings. The van der Waals surface area contributed by atoms with Crippen LogP contribution < -0.4 is 0 Å². The summed E-state index contributed by atoms with van der Waals surface area (Å²) in [6, 6.07) is 0. The van der Waals surface area contributed by atoms with Crippen molar-refractivity contribution in [1.29, 1.82) is 0 Å². The van der Waals surface area contributed by atoms with Crippen LogP contribution in [0.25, 0.3) is 0 Å². The Bertz CT molecular complexity index is 376. The number of nitrogens with zero attached hydrogens (tertiary/aromatic N) is 2. The molecule has 1 saturated carbocycles. The fraction of sp³-hybridized carbons (Fsp3) is 0.727. The van der Waals surface area contributed by atoms with Crippen molar-refractivity contribution in [3.05, 3.63) is 11.7 Å². The standard InChI is InChI=1S/C11H16N2O2S/c1-7(2)16-6-10-12-11(15-13-10)8-4-3-5-9(8)14/h7-8H,3-6H2,1-2H3. The van der Waals surface area contributed by atoms with Gasteiger partial charge in [-0.15, -0.1) is 0 Å². The average Bonchev–Trinajstić information content (AvgIpc) is 2.83. The van der Waals surface area contributed by atoms with Crippen molar-refractivity contribution in [3.63, 3.8) is 0 Å². The zero-order chi connectivity index (χ0) is 11.5. The summed E-state index contributed by atoms with van der Waals surface area (Å²) in [5.74, 6) is 2.08. The Morgan fingerprint density at radius 2 is 2.38 bits per heavy atom. The topological polar surface area (TPSA) is 56.0 Å². The maximum Gasteiger partial charge on any atom is 0.237 e. The van der Waals surface area contributed by atoms with Crippen LogP contribution in [0.5, 0.6) is 0 Å². The molecule has 0 bridgehead atoms. The highest BCUT2D eigenvalue weighted by molar-refractivity contribution is 7.99. The van der Waals surface area contributed by atoms with Gasteiger partial charge in [0.05, 0.1) is 11.7 Å². The molecule has 1 aliphatic carbocycles. The molecule has 0 saturated heterocycles. The van der Waals surface area contributed by atoms with Crippen molar-refractivity contribution < 1.29 is 9.32 Å². The predicted molar refractivity (Wildman–Crippen MR) is 62.3 cm³/mol. The third-order valence-electron chi connectivity index (χ3n) is 2.63. The molecule has 16 heavy (non-hydrogen) atoms. The first-order valence-electron chi connectivity index (χ1n) is 5.63. The monoisotopic (exact) mass is 240 g/mol. The van der Waals surface area contributed by atoms with Gasteiger partial charge in [-0.2, -0.15) is 16.7 Å². The second-order valence-corrected chi connectivity index (χ2v) is 5.88. The number of carbonyl (C=O) groups excluding carboxylic acids is 1. The van der Waals surface area contributed by atoms with Crippen molar-refractivity contribution in [2.45, 2.75) is 50.0 Å². The number of thioether (sulfide) groups is 1. The molecule has 4 nitrogen and oxygen atoms in total. The number of rotatable bonds is 4. The van der Waals surface area contributed by atoms with E-state index in [0.717, 1.165) is 18.6 Å². The van der Waals surface area contributed by atoms with Crippen molar-refractivity contribution in [2.75, 3.05) is 0 Å². The van der Waals surface area contributed by atoms with Crippen LogP contribution in [0, 0.1) is 0 Å². The molecular formula is C11H16N2O2S. The SMILES string of the molecule is CC(C)SCc1noc(C2CCCC2=O)n1. The van der Waals surface area contributed by atoms with Crippen LogP contribution in [0.4, 0.5) is 0 Å². The number of ketones is 1. The van der Waals surface area contributed by atoms with E-state index >= 15 is 0 Å². The lowest BCUT2D eigenvalue weighted by atomic mass is 10.1. The molecule has 2 rings (SSSR count). The van der Waals surface area contributed by atoms with Gasteiger partial charge in [-0.3, -0.25) is 4.79 Å². The Kier molecular flexibility index (Phi) is 3.63. The summed E-state index contributed by atoms with van der Waals surface area (Å²) in [5, 5.41) is 4.46. The largest absolute Gasteiger partial charge is 0.339 e. The number of aromatic nitrogens is 2. The van der Waals surface area contributed by atoms with Crippen molar-refractivity contribution in [3.8, 4) is 0 Å². The third-order valence-corrected chi connectivity index (χ3v) is 3.72. The van der Waals surface area contributed by atoms with Gasteiger partial charge in [0.1, 0.15) is 5.78 Å². The predicted octanol–water partition coefficient (Wildman–Crippen LogP) is 2.55. The highest BCUT2D eigenvalue weighted by Crippen LogP contribution is 2.30. The second kappa shape index (κ2) is 4.99. The van der Waals surface area contributed by atoms with E-state index in [0.29, 0.717) is 23.4 Å². The first-order valence-corrected chi connectivity index (χ1v) is 6.68. The first-order chi connectivity index (χ1) is 7.66.